The Balaban J connectivity index is 1.79. The highest BCUT2D eigenvalue weighted by atomic mass is 32.2. The molecule has 116 valence electrons. The third-order valence-corrected chi connectivity index (χ3v) is 4.56. The number of esters is 1. The van der Waals surface area contributed by atoms with Crippen molar-refractivity contribution in [2.45, 2.75) is 0 Å². The van der Waals surface area contributed by atoms with E-state index in [1.54, 1.807) is 37.4 Å². The Morgan fingerprint density at radius 2 is 2.17 bits per heavy atom. The number of amides is 1. The molecule has 1 aromatic heterocycles. The van der Waals surface area contributed by atoms with Crippen molar-refractivity contribution in [3.8, 4) is 5.75 Å². The predicted octanol–water partition coefficient (Wildman–Crippen LogP) is 3.33. The minimum absolute atomic E-state index is 0.127. The zero-order valence-corrected chi connectivity index (χ0v) is 13.6. The Hall–Kier alpha value is -2.38. The first-order valence-electron chi connectivity index (χ1n) is 6.62. The summed E-state index contributed by atoms with van der Waals surface area (Å²) in [6, 6.07) is 10.0. The number of thioether (sulfide) groups is 1. The molecule has 0 unspecified atom stereocenters. The van der Waals surface area contributed by atoms with E-state index in [0.717, 1.165) is 5.56 Å². The van der Waals surface area contributed by atoms with Crippen molar-refractivity contribution in [3.05, 3.63) is 58.9 Å². The molecule has 5 nitrogen and oxygen atoms in total. The molecular weight excluding hydrogens is 334 g/mol. The summed E-state index contributed by atoms with van der Waals surface area (Å²) >= 11 is 6.33. The highest BCUT2D eigenvalue weighted by molar-refractivity contribution is 8.26. The molecular formula is C16H11NO4S2. The van der Waals surface area contributed by atoms with E-state index in [0.29, 0.717) is 15.0 Å². The molecule has 0 aliphatic carbocycles. The van der Waals surface area contributed by atoms with E-state index in [4.69, 9.17) is 21.4 Å². The lowest BCUT2D eigenvalue weighted by Crippen LogP contribution is -2.22. The van der Waals surface area contributed by atoms with Crippen molar-refractivity contribution in [1.29, 1.82) is 0 Å². The molecule has 1 aromatic carbocycles. The summed E-state index contributed by atoms with van der Waals surface area (Å²) in [7, 11) is 1.64. The van der Waals surface area contributed by atoms with Gasteiger partial charge in [-0.15, -0.1) is 0 Å². The van der Waals surface area contributed by atoms with Crippen LogP contribution in [0.4, 0.5) is 0 Å². The van der Waals surface area contributed by atoms with Crippen LogP contribution in [0.15, 0.2) is 52.0 Å². The van der Waals surface area contributed by atoms with Gasteiger partial charge in [0, 0.05) is 7.05 Å². The zero-order valence-electron chi connectivity index (χ0n) is 12.0. The first-order valence-corrected chi connectivity index (χ1v) is 7.84. The number of nitrogens with zero attached hydrogens (tertiary/aromatic N) is 1. The summed E-state index contributed by atoms with van der Waals surface area (Å²) < 4.78 is 10.7. The number of ether oxygens (including phenoxy) is 1. The van der Waals surface area contributed by atoms with Crippen LogP contribution in [0.25, 0.3) is 6.08 Å². The maximum atomic E-state index is 12.0. The molecule has 0 N–H and O–H groups in total. The normalized spacial score (nSPS) is 16.2. The molecule has 1 amide bonds. The molecule has 7 heteroatoms. The monoisotopic (exact) mass is 345 g/mol. The maximum absolute atomic E-state index is 12.0. The molecule has 1 aliphatic heterocycles. The van der Waals surface area contributed by atoms with Crippen LogP contribution in [0.2, 0.25) is 0 Å². The smallest absolute Gasteiger partial charge is 0.379 e. The van der Waals surface area contributed by atoms with Crippen molar-refractivity contribution in [2.75, 3.05) is 7.05 Å². The van der Waals surface area contributed by atoms with Crippen LogP contribution >= 0.6 is 24.0 Å². The Kier molecular flexibility index (Phi) is 4.31. The van der Waals surface area contributed by atoms with Crippen LogP contribution in [0.1, 0.15) is 16.1 Å². The van der Waals surface area contributed by atoms with Crippen LogP contribution in [-0.2, 0) is 4.79 Å². The zero-order chi connectivity index (χ0) is 16.4. The Morgan fingerprint density at radius 3 is 2.83 bits per heavy atom. The molecule has 1 fully saturated rings. The molecule has 0 saturated carbocycles. The molecule has 2 heterocycles. The van der Waals surface area contributed by atoms with Crippen LogP contribution in [0.3, 0.4) is 0 Å². The number of carbonyl (C=O) groups excluding carboxylic acids is 2. The van der Waals surface area contributed by atoms with Crippen molar-refractivity contribution in [3.63, 3.8) is 0 Å². The largest absolute Gasteiger partial charge is 0.457 e. The minimum Gasteiger partial charge on any atom is -0.457 e. The number of hydrogen-bond donors (Lipinski definition) is 0. The van der Waals surface area contributed by atoms with Gasteiger partial charge in [-0.25, -0.2) is 4.79 Å². The first kappa shape index (κ1) is 15.5. The number of hydrogen-bond acceptors (Lipinski definition) is 6. The van der Waals surface area contributed by atoms with Gasteiger partial charge in [-0.3, -0.25) is 9.69 Å². The lowest BCUT2D eigenvalue weighted by atomic mass is 10.2. The van der Waals surface area contributed by atoms with E-state index in [1.165, 1.54) is 29.0 Å². The van der Waals surface area contributed by atoms with Crippen LogP contribution < -0.4 is 4.74 Å². The SMILES string of the molecule is CN1C(=O)C(=Cc2cccc(OC(=O)c3ccco3)c2)SC1=S. The summed E-state index contributed by atoms with van der Waals surface area (Å²) in [5.41, 5.74) is 0.740. The van der Waals surface area contributed by atoms with Crippen molar-refractivity contribution < 1.29 is 18.7 Å². The van der Waals surface area contributed by atoms with Gasteiger partial charge in [0.2, 0.25) is 5.76 Å². The Labute approximate surface area is 141 Å². The van der Waals surface area contributed by atoms with Gasteiger partial charge >= 0.3 is 5.97 Å². The van der Waals surface area contributed by atoms with E-state index < -0.39 is 5.97 Å². The standard InChI is InChI=1S/C16H11NO4S2/c1-17-14(18)13(23-16(17)22)9-10-4-2-5-11(8-10)21-15(19)12-6-3-7-20-12/h2-9H,1H3. The molecule has 3 rings (SSSR count). The van der Waals surface area contributed by atoms with Gasteiger partial charge in [-0.2, -0.15) is 0 Å². The molecule has 2 aromatic rings. The van der Waals surface area contributed by atoms with Crippen LogP contribution in [0, 0.1) is 0 Å². The minimum atomic E-state index is -0.577. The average Bonchev–Trinajstić information content (AvgIpc) is 3.14. The third-order valence-electron chi connectivity index (χ3n) is 3.08. The quantitative estimate of drug-likeness (QED) is 0.368. The van der Waals surface area contributed by atoms with Gasteiger partial charge in [0.1, 0.15) is 10.1 Å². The van der Waals surface area contributed by atoms with Crippen molar-refractivity contribution in [1.82, 2.24) is 4.90 Å². The van der Waals surface area contributed by atoms with Crippen LogP contribution in [-0.4, -0.2) is 28.1 Å². The van der Waals surface area contributed by atoms with E-state index in [1.807, 2.05) is 6.07 Å². The third kappa shape index (κ3) is 3.35. The van der Waals surface area contributed by atoms with Crippen LogP contribution in [0.5, 0.6) is 5.75 Å². The second-order valence-corrected chi connectivity index (χ2v) is 6.36. The number of thiocarbonyl (C=S) groups is 1. The summed E-state index contributed by atoms with van der Waals surface area (Å²) in [5.74, 6) is -0.223. The van der Waals surface area contributed by atoms with Gasteiger partial charge in [0.05, 0.1) is 11.2 Å². The summed E-state index contributed by atoms with van der Waals surface area (Å²) in [5, 5.41) is 0. The predicted molar refractivity (Wildman–Crippen MR) is 91.0 cm³/mol. The van der Waals surface area contributed by atoms with Gasteiger partial charge in [-0.05, 0) is 35.9 Å². The first-order chi connectivity index (χ1) is 11.0. The van der Waals surface area contributed by atoms with Crippen molar-refractivity contribution >= 4 is 46.3 Å². The molecule has 0 bridgehead atoms. The fourth-order valence-corrected chi connectivity index (χ4v) is 3.10. The van der Waals surface area contributed by atoms with Gasteiger partial charge in [-0.1, -0.05) is 36.1 Å². The maximum Gasteiger partial charge on any atom is 0.379 e. The molecule has 0 spiro atoms. The highest BCUT2D eigenvalue weighted by Crippen LogP contribution is 2.31. The second-order valence-electron chi connectivity index (χ2n) is 4.68. The summed E-state index contributed by atoms with van der Waals surface area (Å²) in [6.45, 7) is 0. The topological polar surface area (TPSA) is 59.8 Å². The second kappa shape index (κ2) is 6.39. The average molecular weight is 345 g/mol. The molecule has 23 heavy (non-hydrogen) atoms. The number of likely N-dealkylation sites (N-methyl/N-ethyl adjacent to an activating group) is 1. The fourth-order valence-electron chi connectivity index (χ4n) is 1.92. The summed E-state index contributed by atoms with van der Waals surface area (Å²) in [4.78, 5) is 25.8. The molecule has 0 atom stereocenters. The van der Waals surface area contributed by atoms with Crippen molar-refractivity contribution in [2.24, 2.45) is 0 Å². The number of benzene rings is 1. The lowest BCUT2D eigenvalue weighted by molar-refractivity contribution is -0.121. The fraction of sp³-hybridized carbons (Fsp3) is 0.0625. The van der Waals surface area contributed by atoms with E-state index in [9.17, 15) is 9.59 Å². The number of rotatable bonds is 3. The van der Waals surface area contributed by atoms with E-state index in [-0.39, 0.29) is 11.7 Å². The lowest BCUT2D eigenvalue weighted by Gasteiger charge is -2.04. The molecule has 1 saturated heterocycles. The highest BCUT2D eigenvalue weighted by Gasteiger charge is 2.28. The Morgan fingerprint density at radius 1 is 1.35 bits per heavy atom. The molecule has 1 aliphatic rings. The van der Waals surface area contributed by atoms with E-state index in [2.05, 4.69) is 0 Å². The molecule has 0 radical (unpaired) electrons. The number of furan rings is 1. The summed E-state index contributed by atoms with van der Waals surface area (Å²) in [6.07, 6.45) is 3.12. The number of carbonyl (C=O) groups is 2. The van der Waals surface area contributed by atoms with Gasteiger partial charge < -0.3 is 9.15 Å². The Bertz CT molecular complexity index is 811. The van der Waals surface area contributed by atoms with E-state index >= 15 is 0 Å². The van der Waals surface area contributed by atoms with Gasteiger partial charge in [0.25, 0.3) is 5.91 Å². The van der Waals surface area contributed by atoms with Gasteiger partial charge in [0.15, 0.2) is 0 Å².